The number of nitrogens with zero attached hydrogens (tertiary/aromatic N) is 2. The number of hydrogen-bond acceptors (Lipinski definition) is 2. The van der Waals surface area contributed by atoms with Crippen LogP contribution in [0.2, 0.25) is 0 Å². The highest BCUT2D eigenvalue weighted by atomic mass is 35.5. The summed E-state index contributed by atoms with van der Waals surface area (Å²) in [5.74, 6) is -1.38. The Morgan fingerprint density at radius 1 is 1.10 bits per heavy atom. The van der Waals surface area contributed by atoms with E-state index in [9.17, 15) is 13.6 Å². The van der Waals surface area contributed by atoms with Gasteiger partial charge >= 0.3 is 0 Å². The van der Waals surface area contributed by atoms with Crippen molar-refractivity contribution in [2.75, 3.05) is 0 Å². The second-order valence-corrected chi connectivity index (χ2v) is 4.71. The summed E-state index contributed by atoms with van der Waals surface area (Å²) in [5.41, 5.74) is 0.138. The first-order chi connectivity index (χ1) is 10.1. The number of aromatic nitrogens is 2. The fraction of sp³-hybridized carbons (Fsp3) is 0.0667. The normalized spacial score (nSPS) is 11.0. The van der Waals surface area contributed by atoms with E-state index in [2.05, 4.69) is 4.98 Å². The molecular weight excluding hydrogens is 298 g/mol. The van der Waals surface area contributed by atoms with Gasteiger partial charge in [0.15, 0.2) is 0 Å². The van der Waals surface area contributed by atoms with Crippen molar-refractivity contribution in [3.05, 3.63) is 70.3 Å². The Kier molecular flexibility index (Phi) is 3.43. The molecule has 106 valence electrons. The minimum absolute atomic E-state index is 0.0573. The van der Waals surface area contributed by atoms with E-state index in [1.165, 1.54) is 0 Å². The van der Waals surface area contributed by atoms with Gasteiger partial charge in [0, 0.05) is 6.07 Å². The third-order valence-electron chi connectivity index (χ3n) is 3.07. The summed E-state index contributed by atoms with van der Waals surface area (Å²) < 4.78 is 27.9. The van der Waals surface area contributed by atoms with Crippen LogP contribution < -0.4 is 5.56 Å². The molecule has 21 heavy (non-hydrogen) atoms. The molecule has 3 rings (SSSR count). The number of para-hydroxylation sites is 1. The predicted octanol–water partition coefficient (Wildman–Crippen LogP) is 3.40. The summed E-state index contributed by atoms with van der Waals surface area (Å²) in [6.07, 6.45) is 0. The van der Waals surface area contributed by atoms with Crippen LogP contribution in [0.5, 0.6) is 0 Å². The molecule has 0 aliphatic rings. The van der Waals surface area contributed by atoms with E-state index >= 15 is 0 Å². The Morgan fingerprint density at radius 3 is 2.43 bits per heavy atom. The van der Waals surface area contributed by atoms with Crippen molar-refractivity contribution in [1.29, 1.82) is 0 Å². The van der Waals surface area contributed by atoms with Gasteiger partial charge in [-0.05, 0) is 24.3 Å². The molecule has 0 spiro atoms. The molecule has 0 fully saturated rings. The van der Waals surface area contributed by atoms with Gasteiger partial charge in [0.25, 0.3) is 5.56 Å². The van der Waals surface area contributed by atoms with Crippen molar-refractivity contribution in [3.8, 4) is 5.69 Å². The molecule has 1 aromatic heterocycles. The summed E-state index contributed by atoms with van der Waals surface area (Å²) >= 11 is 5.82. The van der Waals surface area contributed by atoms with E-state index < -0.39 is 17.2 Å². The van der Waals surface area contributed by atoms with E-state index in [1.807, 2.05) is 0 Å². The van der Waals surface area contributed by atoms with Crippen LogP contribution in [0.3, 0.4) is 0 Å². The van der Waals surface area contributed by atoms with E-state index in [1.54, 1.807) is 24.3 Å². The minimum Gasteiger partial charge on any atom is -0.268 e. The van der Waals surface area contributed by atoms with E-state index in [0.29, 0.717) is 10.9 Å². The Labute approximate surface area is 123 Å². The summed E-state index contributed by atoms with van der Waals surface area (Å²) in [5, 5.41) is 0.357. The first-order valence-corrected chi connectivity index (χ1v) is 6.66. The zero-order chi connectivity index (χ0) is 15.0. The highest BCUT2D eigenvalue weighted by molar-refractivity contribution is 6.16. The Hall–Kier alpha value is -2.27. The largest absolute Gasteiger partial charge is 0.268 e. The number of hydrogen-bond donors (Lipinski definition) is 0. The zero-order valence-electron chi connectivity index (χ0n) is 10.7. The molecule has 3 nitrogen and oxygen atoms in total. The van der Waals surface area contributed by atoms with Gasteiger partial charge in [-0.25, -0.2) is 13.8 Å². The van der Waals surface area contributed by atoms with Gasteiger partial charge in [-0.2, -0.15) is 0 Å². The second-order valence-electron chi connectivity index (χ2n) is 4.45. The van der Waals surface area contributed by atoms with E-state index in [-0.39, 0.29) is 17.4 Å². The van der Waals surface area contributed by atoms with Gasteiger partial charge in [-0.1, -0.05) is 12.1 Å². The quantitative estimate of drug-likeness (QED) is 0.680. The maximum atomic E-state index is 13.4. The molecule has 0 unspecified atom stereocenters. The van der Waals surface area contributed by atoms with Gasteiger partial charge in [-0.3, -0.25) is 9.36 Å². The summed E-state index contributed by atoms with van der Waals surface area (Å²) in [7, 11) is 0. The zero-order valence-corrected chi connectivity index (χ0v) is 11.4. The van der Waals surface area contributed by atoms with Crippen LogP contribution in [0.15, 0.2) is 47.3 Å². The molecule has 6 heteroatoms. The number of rotatable bonds is 2. The first-order valence-electron chi connectivity index (χ1n) is 6.13. The average Bonchev–Trinajstić information content (AvgIpc) is 2.46. The van der Waals surface area contributed by atoms with Crippen molar-refractivity contribution < 1.29 is 8.78 Å². The van der Waals surface area contributed by atoms with Gasteiger partial charge in [0.1, 0.15) is 17.5 Å². The van der Waals surface area contributed by atoms with Crippen LogP contribution in [0, 0.1) is 11.6 Å². The van der Waals surface area contributed by atoms with Crippen LogP contribution in [0.4, 0.5) is 8.78 Å². The highest BCUT2D eigenvalue weighted by Gasteiger charge is 2.13. The van der Waals surface area contributed by atoms with Gasteiger partial charge in [0.05, 0.1) is 22.5 Å². The second kappa shape index (κ2) is 5.26. The number of fused-ring (bicyclic) bond motifs is 1. The molecule has 2 aromatic carbocycles. The number of benzene rings is 2. The molecule has 0 aliphatic heterocycles. The van der Waals surface area contributed by atoms with Crippen molar-refractivity contribution in [2.45, 2.75) is 5.88 Å². The van der Waals surface area contributed by atoms with Gasteiger partial charge < -0.3 is 0 Å². The van der Waals surface area contributed by atoms with Gasteiger partial charge in [0.2, 0.25) is 0 Å². The smallest absolute Gasteiger partial charge is 0.266 e. The molecule has 0 N–H and O–H groups in total. The van der Waals surface area contributed by atoms with E-state index in [0.717, 1.165) is 22.8 Å². The summed E-state index contributed by atoms with van der Waals surface area (Å²) in [6, 6.07) is 9.61. The fourth-order valence-corrected chi connectivity index (χ4v) is 2.38. The van der Waals surface area contributed by atoms with Crippen LogP contribution >= 0.6 is 11.6 Å². The third kappa shape index (κ3) is 2.40. The number of alkyl halides is 1. The van der Waals surface area contributed by atoms with Crippen molar-refractivity contribution in [3.63, 3.8) is 0 Å². The molecule has 1 heterocycles. The van der Waals surface area contributed by atoms with Crippen molar-refractivity contribution >= 4 is 22.5 Å². The Balaban J connectivity index is 2.40. The monoisotopic (exact) mass is 306 g/mol. The van der Waals surface area contributed by atoms with Crippen molar-refractivity contribution in [1.82, 2.24) is 9.55 Å². The van der Waals surface area contributed by atoms with Crippen LogP contribution in [-0.4, -0.2) is 9.55 Å². The standard InChI is InChI=1S/C15H9ClF2N2O/c16-8-14-19-13-4-2-1-3-12(13)15(21)20(14)11-6-9(17)5-10(18)7-11/h1-7H,8H2. The lowest BCUT2D eigenvalue weighted by Crippen LogP contribution is -2.23. The number of halogens is 3. The summed E-state index contributed by atoms with van der Waals surface area (Å²) in [4.78, 5) is 16.8. The van der Waals surface area contributed by atoms with E-state index in [4.69, 9.17) is 11.6 Å². The SMILES string of the molecule is O=c1c2ccccc2nc(CCl)n1-c1cc(F)cc(F)c1. The molecule has 0 saturated carbocycles. The lowest BCUT2D eigenvalue weighted by Gasteiger charge is -2.12. The summed E-state index contributed by atoms with van der Waals surface area (Å²) in [6.45, 7) is 0. The van der Waals surface area contributed by atoms with Crippen molar-refractivity contribution in [2.24, 2.45) is 0 Å². The molecule has 0 saturated heterocycles. The lowest BCUT2D eigenvalue weighted by atomic mass is 10.2. The Bertz CT molecular complexity index is 872. The fourth-order valence-electron chi connectivity index (χ4n) is 2.20. The molecular formula is C15H9ClF2N2O. The Morgan fingerprint density at radius 2 is 1.76 bits per heavy atom. The van der Waals surface area contributed by atoms with Crippen LogP contribution in [-0.2, 0) is 5.88 Å². The molecule has 0 aliphatic carbocycles. The highest BCUT2D eigenvalue weighted by Crippen LogP contribution is 2.16. The molecule has 0 radical (unpaired) electrons. The maximum absolute atomic E-state index is 13.4. The maximum Gasteiger partial charge on any atom is 0.266 e. The lowest BCUT2D eigenvalue weighted by molar-refractivity contribution is 0.580. The molecule has 3 aromatic rings. The third-order valence-corrected chi connectivity index (χ3v) is 3.31. The molecule has 0 atom stereocenters. The first kappa shape index (κ1) is 13.7. The predicted molar refractivity (Wildman–Crippen MR) is 76.8 cm³/mol. The van der Waals surface area contributed by atoms with Crippen LogP contribution in [0.25, 0.3) is 16.6 Å². The average molecular weight is 307 g/mol. The topological polar surface area (TPSA) is 34.9 Å². The molecule has 0 bridgehead atoms. The molecule has 0 amide bonds. The van der Waals surface area contributed by atoms with Gasteiger partial charge in [-0.15, -0.1) is 11.6 Å². The minimum atomic E-state index is -0.773. The van der Waals surface area contributed by atoms with Crippen LogP contribution in [0.1, 0.15) is 5.82 Å².